The second-order valence-corrected chi connectivity index (χ2v) is 9.26. The van der Waals surface area contributed by atoms with E-state index in [0.29, 0.717) is 22.6 Å². The first-order valence-electron chi connectivity index (χ1n) is 8.72. The standard InChI is InChI=1S/C18H22N4OS2/c1-22-15(20-21-16(22)12-3-4-12)11-19-17(23)13-5-7-14(8-6-13)18-24-9-2-10-25-18/h5-8,12,18H,2-4,9-11H2,1H3,(H,19,23). The molecular formula is C18H22N4OS2. The molecule has 1 aromatic heterocycles. The summed E-state index contributed by atoms with van der Waals surface area (Å²) in [6.45, 7) is 0.408. The van der Waals surface area contributed by atoms with Gasteiger partial charge in [0.15, 0.2) is 5.82 Å². The van der Waals surface area contributed by atoms with Gasteiger partial charge in [-0.25, -0.2) is 0 Å². The molecule has 0 atom stereocenters. The van der Waals surface area contributed by atoms with Crippen LogP contribution < -0.4 is 5.32 Å². The molecule has 0 bridgehead atoms. The van der Waals surface area contributed by atoms with E-state index in [1.54, 1.807) is 0 Å². The quantitative estimate of drug-likeness (QED) is 0.868. The molecule has 5 nitrogen and oxygen atoms in total. The van der Waals surface area contributed by atoms with Crippen LogP contribution in [0.2, 0.25) is 0 Å². The van der Waals surface area contributed by atoms with E-state index >= 15 is 0 Å². The van der Waals surface area contributed by atoms with Gasteiger partial charge < -0.3 is 9.88 Å². The normalized spacial score (nSPS) is 18.3. The molecule has 4 rings (SSSR count). The zero-order chi connectivity index (χ0) is 17.2. The molecule has 1 aliphatic carbocycles. The lowest BCUT2D eigenvalue weighted by Gasteiger charge is -2.21. The second kappa shape index (κ2) is 7.41. The summed E-state index contributed by atoms with van der Waals surface area (Å²) < 4.78 is 2.52. The highest BCUT2D eigenvalue weighted by Crippen LogP contribution is 2.43. The van der Waals surface area contributed by atoms with Crippen molar-refractivity contribution in [3.8, 4) is 0 Å². The summed E-state index contributed by atoms with van der Waals surface area (Å²) in [5.74, 6) is 4.79. The Hall–Kier alpha value is -1.47. The average Bonchev–Trinajstić information content (AvgIpc) is 3.44. The van der Waals surface area contributed by atoms with E-state index < -0.39 is 0 Å². The molecule has 2 heterocycles. The molecule has 132 valence electrons. The van der Waals surface area contributed by atoms with Gasteiger partial charge in [0, 0.05) is 18.5 Å². The average molecular weight is 375 g/mol. The molecule has 1 aliphatic heterocycles. The van der Waals surface area contributed by atoms with E-state index in [1.807, 2.05) is 47.3 Å². The maximum Gasteiger partial charge on any atom is 0.251 e. The van der Waals surface area contributed by atoms with Crippen molar-refractivity contribution < 1.29 is 4.79 Å². The Morgan fingerprint density at radius 2 is 1.92 bits per heavy atom. The Morgan fingerprint density at radius 1 is 1.20 bits per heavy atom. The first kappa shape index (κ1) is 17.0. The molecule has 2 fully saturated rings. The van der Waals surface area contributed by atoms with Gasteiger partial charge in [-0.15, -0.1) is 33.7 Å². The van der Waals surface area contributed by atoms with Gasteiger partial charge in [-0.3, -0.25) is 4.79 Å². The van der Waals surface area contributed by atoms with Crippen LogP contribution in [0.25, 0.3) is 0 Å². The Bertz CT molecular complexity index is 749. The number of thioether (sulfide) groups is 2. The lowest BCUT2D eigenvalue weighted by Crippen LogP contribution is -2.24. The fraction of sp³-hybridized carbons (Fsp3) is 0.500. The van der Waals surface area contributed by atoms with E-state index in [2.05, 4.69) is 27.6 Å². The molecule has 1 saturated heterocycles. The molecule has 1 aromatic carbocycles. The van der Waals surface area contributed by atoms with Gasteiger partial charge in [0.2, 0.25) is 0 Å². The fourth-order valence-electron chi connectivity index (χ4n) is 2.96. The van der Waals surface area contributed by atoms with E-state index in [1.165, 1.54) is 36.3 Å². The minimum Gasteiger partial charge on any atom is -0.345 e. The summed E-state index contributed by atoms with van der Waals surface area (Å²) >= 11 is 3.99. The third kappa shape index (κ3) is 3.87. The van der Waals surface area contributed by atoms with Crippen LogP contribution in [0, 0.1) is 0 Å². The monoisotopic (exact) mass is 374 g/mol. The maximum absolute atomic E-state index is 12.4. The number of carbonyl (C=O) groups excluding carboxylic acids is 1. The van der Waals surface area contributed by atoms with Crippen LogP contribution in [0.1, 0.15) is 57.3 Å². The van der Waals surface area contributed by atoms with Gasteiger partial charge in [-0.2, -0.15) is 0 Å². The van der Waals surface area contributed by atoms with Gasteiger partial charge in [-0.1, -0.05) is 12.1 Å². The van der Waals surface area contributed by atoms with Crippen LogP contribution >= 0.6 is 23.5 Å². The molecule has 7 heteroatoms. The van der Waals surface area contributed by atoms with Crippen molar-refractivity contribution in [2.45, 2.75) is 36.3 Å². The Balaban J connectivity index is 1.36. The van der Waals surface area contributed by atoms with Crippen LogP contribution in [0.4, 0.5) is 0 Å². The molecule has 0 radical (unpaired) electrons. The van der Waals surface area contributed by atoms with Crippen LogP contribution in [0.3, 0.4) is 0 Å². The minimum absolute atomic E-state index is 0.0635. The van der Waals surface area contributed by atoms with Gasteiger partial charge in [0.05, 0.1) is 11.1 Å². The first-order chi connectivity index (χ1) is 12.2. The van der Waals surface area contributed by atoms with Crippen molar-refractivity contribution in [1.82, 2.24) is 20.1 Å². The number of hydrogen-bond donors (Lipinski definition) is 1. The van der Waals surface area contributed by atoms with E-state index in [9.17, 15) is 4.79 Å². The number of amides is 1. The topological polar surface area (TPSA) is 59.8 Å². The zero-order valence-corrected chi connectivity index (χ0v) is 15.9. The van der Waals surface area contributed by atoms with Crippen molar-refractivity contribution >= 4 is 29.4 Å². The number of hydrogen-bond acceptors (Lipinski definition) is 5. The lowest BCUT2D eigenvalue weighted by molar-refractivity contribution is 0.0949. The van der Waals surface area contributed by atoms with E-state index in [-0.39, 0.29) is 5.91 Å². The van der Waals surface area contributed by atoms with Gasteiger partial charge in [-0.05, 0) is 48.5 Å². The van der Waals surface area contributed by atoms with Crippen LogP contribution in [-0.4, -0.2) is 32.2 Å². The van der Waals surface area contributed by atoms with Gasteiger partial charge >= 0.3 is 0 Å². The van der Waals surface area contributed by atoms with Crippen LogP contribution in [0.5, 0.6) is 0 Å². The maximum atomic E-state index is 12.4. The summed E-state index contributed by atoms with van der Waals surface area (Å²) in [6.07, 6.45) is 3.68. The van der Waals surface area contributed by atoms with Crippen LogP contribution in [0.15, 0.2) is 24.3 Å². The van der Waals surface area contributed by atoms with Crippen molar-refractivity contribution in [1.29, 1.82) is 0 Å². The van der Waals surface area contributed by atoms with Gasteiger partial charge in [0.1, 0.15) is 5.82 Å². The van der Waals surface area contributed by atoms with E-state index in [0.717, 1.165) is 11.6 Å². The van der Waals surface area contributed by atoms with Crippen molar-refractivity contribution in [2.24, 2.45) is 7.05 Å². The summed E-state index contributed by atoms with van der Waals surface area (Å²) in [4.78, 5) is 12.4. The Labute approximate surface area is 156 Å². The highest BCUT2D eigenvalue weighted by molar-refractivity contribution is 8.16. The predicted molar refractivity (Wildman–Crippen MR) is 103 cm³/mol. The van der Waals surface area contributed by atoms with E-state index in [4.69, 9.17) is 0 Å². The minimum atomic E-state index is -0.0635. The first-order valence-corrected chi connectivity index (χ1v) is 10.8. The second-order valence-electron chi connectivity index (χ2n) is 6.54. The van der Waals surface area contributed by atoms with Crippen molar-refractivity contribution in [2.75, 3.05) is 11.5 Å². The molecule has 1 N–H and O–H groups in total. The van der Waals surface area contributed by atoms with Crippen molar-refractivity contribution in [3.05, 3.63) is 47.0 Å². The summed E-state index contributed by atoms with van der Waals surface area (Å²) in [7, 11) is 1.98. The molecule has 1 amide bonds. The number of carbonyl (C=O) groups is 1. The van der Waals surface area contributed by atoms with Crippen LogP contribution in [-0.2, 0) is 13.6 Å². The van der Waals surface area contributed by atoms with Gasteiger partial charge in [0.25, 0.3) is 5.91 Å². The Morgan fingerprint density at radius 3 is 2.60 bits per heavy atom. The third-order valence-corrected chi connectivity index (χ3v) is 7.64. The third-order valence-electron chi connectivity index (χ3n) is 4.62. The Kier molecular flexibility index (Phi) is 5.03. The largest absolute Gasteiger partial charge is 0.345 e. The number of nitrogens with zero attached hydrogens (tertiary/aromatic N) is 3. The molecule has 25 heavy (non-hydrogen) atoms. The highest BCUT2D eigenvalue weighted by atomic mass is 32.2. The highest BCUT2D eigenvalue weighted by Gasteiger charge is 2.29. The van der Waals surface area contributed by atoms with Crippen molar-refractivity contribution in [3.63, 3.8) is 0 Å². The predicted octanol–water partition coefficient (Wildman–Crippen LogP) is 3.49. The summed E-state index contributed by atoms with van der Waals surface area (Å²) in [5, 5.41) is 11.4. The fourth-order valence-corrected chi connectivity index (χ4v) is 5.85. The number of rotatable bonds is 5. The molecule has 2 aromatic rings. The molecule has 1 saturated carbocycles. The molecule has 0 spiro atoms. The number of benzene rings is 1. The molecular weight excluding hydrogens is 352 g/mol. The smallest absolute Gasteiger partial charge is 0.251 e. The lowest BCUT2D eigenvalue weighted by atomic mass is 10.1. The number of nitrogens with one attached hydrogen (secondary N) is 1. The SMILES string of the molecule is Cn1c(CNC(=O)c2ccc(C3SCCCS3)cc2)nnc1C1CC1. The molecule has 2 aliphatic rings. The zero-order valence-electron chi connectivity index (χ0n) is 14.3. The summed E-state index contributed by atoms with van der Waals surface area (Å²) in [5.41, 5.74) is 1.99. The number of aromatic nitrogens is 3. The summed E-state index contributed by atoms with van der Waals surface area (Å²) in [6, 6.07) is 8.01. The molecule has 0 unspecified atom stereocenters.